The number of nitrogens with zero attached hydrogens (tertiary/aromatic N) is 2. The number of nitrogens with one attached hydrogen (secondary N) is 2. The molecule has 3 aromatic carbocycles. The van der Waals surface area contributed by atoms with Crippen molar-refractivity contribution in [1.82, 2.24) is 14.5 Å². The first-order valence-electron chi connectivity index (χ1n) is 13.7. The smallest absolute Gasteiger partial charge is 0.332 e. The lowest BCUT2D eigenvalue weighted by molar-refractivity contribution is -0.116. The number of amides is 2. The van der Waals surface area contributed by atoms with Crippen LogP contribution >= 0.6 is 0 Å². The van der Waals surface area contributed by atoms with E-state index in [4.69, 9.17) is 4.42 Å². The Morgan fingerprint density at radius 3 is 2.29 bits per heavy atom. The summed E-state index contributed by atoms with van der Waals surface area (Å²) in [6, 6.07) is 21.6. The molecule has 9 nitrogen and oxygen atoms in total. The van der Waals surface area contributed by atoms with Gasteiger partial charge in [-0.05, 0) is 74.2 Å². The van der Waals surface area contributed by atoms with E-state index in [2.05, 4.69) is 10.6 Å². The van der Waals surface area contributed by atoms with Crippen LogP contribution in [0.25, 0.3) is 10.9 Å². The van der Waals surface area contributed by atoms with Crippen molar-refractivity contribution < 1.29 is 14.0 Å². The fraction of sp³-hybridized carbons (Fsp3) is 0.212. The molecule has 0 aliphatic carbocycles. The molecule has 2 heterocycles. The van der Waals surface area contributed by atoms with Crippen LogP contribution in [0.1, 0.15) is 38.4 Å². The highest BCUT2D eigenvalue weighted by Crippen LogP contribution is 2.22. The van der Waals surface area contributed by atoms with Gasteiger partial charge in [0.15, 0.2) is 0 Å². The van der Waals surface area contributed by atoms with Crippen LogP contribution in [0.5, 0.6) is 0 Å². The molecule has 2 N–H and O–H groups in total. The lowest BCUT2D eigenvalue weighted by Gasteiger charge is -2.16. The van der Waals surface area contributed by atoms with Crippen LogP contribution in [0.15, 0.2) is 93.1 Å². The monoisotopic (exact) mass is 564 g/mol. The normalized spacial score (nSPS) is 11.0. The Morgan fingerprint density at radius 1 is 0.857 bits per heavy atom. The quantitative estimate of drug-likeness (QED) is 0.276. The molecule has 2 amide bonds. The van der Waals surface area contributed by atoms with Crippen molar-refractivity contribution in [3.8, 4) is 0 Å². The van der Waals surface area contributed by atoms with Gasteiger partial charge in [0.05, 0.1) is 23.7 Å². The number of carbonyl (C=O) groups excluding carboxylic acids is 2. The van der Waals surface area contributed by atoms with Crippen molar-refractivity contribution in [3.05, 3.63) is 133 Å². The van der Waals surface area contributed by atoms with Gasteiger partial charge in [-0.3, -0.25) is 23.5 Å². The van der Waals surface area contributed by atoms with E-state index in [-0.39, 0.29) is 35.5 Å². The van der Waals surface area contributed by atoms with Gasteiger partial charge in [-0.15, -0.1) is 0 Å². The van der Waals surface area contributed by atoms with Gasteiger partial charge in [-0.25, -0.2) is 4.79 Å². The fourth-order valence-corrected chi connectivity index (χ4v) is 5.18. The summed E-state index contributed by atoms with van der Waals surface area (Å²) in [6.45, 7) is 5.75. The highest BCUT2D eigenvalue weighted by molar-refractivity contribution is 5.98. The van der Waals surface area contributed by atoms with Crippen molar-refractivity contribution in [2.45, 2.75) is 40.3 Å². The van der Waals surface area contributed by atoms with Gasteiger partial charge in [0.1, 0.15) is 12.3 Å². The second-order valence-corrected chi connectivity index (χ2v) is 10.4. The van der Waals surface area contributed by atoms with Crippen LogP contribution in [-0.4, -0.2) is 27.5 Å². The number of benzene rings is 3. The van der Waals surface area contributed by atoms with E-state index in [0.29, 0.717) is 24.4 Å². The molecule has 2 aromatic heterocycles. The number of furan rings is 1. The third-order valence-corrected chi connectivity index (χ3v) is 7.17. The van der Waals surface area contributed by atoms with Crippen molar-refractivity contribution >= 4 is 28.4 Å². The van der Waals surface area contributed by atoms with E-state index in [1.165, 1.54) is 23.0 Å². The van der Waals surface area contributed by atoms with Gasteiger partial charge in [-0.1, -0.05) is 48.0 Å². The molecule has 0 atom stereocenters. The molecule has 0 saturated heterocycles. The third kappa shape index (κ3) is 6.10. The average Bonchev–Trinajstić information content (AvgIpc) is 3.49. The van der Waals surface area contributed by atoms with Crippen LogP contribution in [0.2, 0.25) is 0 Å². The van der Waals surface area contributed by atoms with E-state index in [1.54, 1.807) is 18.2 Å². The van der Waals surface area contributed by atoms with Gasteiger partial charge >= 0.3 is 5.69 Å². The van der Waals surface area contributed by atoms with E-state index in [1.807, 2.05) is 63.2 Å². The second kappa shape index (κ2) is 12.1. The van der Waals surface area contributed by atoms with Crippen LogP contribution in [0.4, 0.5) is 5.69 Å². The summed E-state index contributed by atoms with van der Waals surface area (Å²) in [5.74, 6) is -0.360. The number of rotatable bonds is 9. The summed E-state index contributed by atoms with van der Waals surface area (Å²) in [7, 11) is 0. The van der Waals surface area contributed by atoms with E-state index in [0.717, 1.165) is 26.8 Å². The summed E-state index contributed by atoms with van der Waals surface area (Å²) in [4.78, 5) is 53.5. The minimum Gasteiger partial charge on any atom is -0.467 e. The highest BCUT2D eigenvalue weighted by atomic mass is 16.3. The number of anilines is 1. The Kier molecular flexibility index (Phi) is 8.19. The van der Waals surface area contributed by atoms with E-state index >= 15 is 0 Å². The SMILES string of the molecule is Cc1cc(C)c(NC(=O)Cn2c(=O)n(Cc3ccco3)c(=O)c3ccc(C(=O)NCCc4ccccc4)cc32)c(C)c1. The highest BCUT2D eigenvalue weighted by Gasteiger charge is 2.19. The first-order valence-corrected chi connectivity index (χ1v) is 13.7. The summed E-state index contributed by atoms with van der Waals surface area (Å²) in [6.07, 6.45) is 2.11. The van der Waals surface area contributed by atoms with Crippen LogP contribution in [-0.2, 0) is 24.3 Å². The van der Waals surface area contributed by atoms with Crippen LogP contribution in [0.3, 0.4) is 0 Å². The lowest BCUT2D eigenvalue weighted by Crippen LogP contribution is -2.42. The number of aromatic nitrogens is 2. The Bertz CT molecular complexity index is 1860. The molecule has 0 radical (unpaired) electrons. The van der Waals surface area contributed by atoms with E-state index < -0.39 is 17.2 Å². The van der Waals surface area contributed by atoms with Gasteiger partial charge < -0.3 is 15.1 Å². The lowest BCUT2D eigenvalue weighted by atomic mass is 10.1. The summed E-state index contributed by atoms with van der Waals surface area (Å²) in [5.41, 5.74) is 3.89. The predicted octanol–water partition coefficient (Wildman–Crippen LogP) is 4.34. The minimum atomic E-state index is -0.682. The maximum Gasteiger partial charge on any atom is 0.332 e. The van der Waals surface area contributed by atoms with Crippen molar-refractivity contribution in [3.63, 3.8) is 0 Å². The summed E-state index contributed by atoms with van der Waals surface area (Å²) in [5, 5.41) is 6.02. The Hall–Kier alpha value is -5.18. The predicted molar refractivity (Wildman–Crippen MR) is 162 cm³/mol. The number of hydrogen-bond acceptors (Lipinski definition) is 5. The zero-order chi connectivity index (χ0) is 29.8. The maximum absolute atomic E-state index is 13.7. The molecule has 0 aliphatic rings. The summed E-state index contributed by atoms with van der Waals surface area (Å²) >= 11 is 0. The minimum absolute atomic E-state index is 0.0971. The molecule has 42 heavy (non-hydrogen) atoms. The Morgan fingerprint density at radius 2 is 1.60 bits per heavy atom. The molecular weight excluding hydrogens is 532 g/mol. The Balaban J connectivity index is 1.50. The number of hydrogen-bond donors (Lipinski definition) is 2. The third-order valence-electron chi connectivity index (χ3n) is 7.17. The van der Waals surface area contributed by atoms with Crippen molar-refractivity contribution in [2.75, 3.05) is 11.9 Å². The first kappa shape index (κ1) is 28.4. The topological polar surface area (TPSA) is 115 Å². The molecule has 9 heteroatoms. The maximum atomic E-state index is 13.7. The molecule has 5 aromatic rings. The van der Waals surface area contributed by atoms with Crippen molar-refractivity contribution in [1.29, 1.82) is 0 Å². The molecule has 0 bridgehead atoms. The summed E-state index contributed by atoms with van der Waals surface area (Å²) < 4.78 is 7.64. The first-order chi connectivity index (χ1) is 20.2. The number of carbonyl (C=O) groups is 2. The fourth-order valence-electron chi connectivity index (χ4n) is 5.18. The zero-order valence-electron chi connectivity index (χ0n) is 23.8. The number of aryl methyl sites for hydroxylation is 3. The molecule has 0 unspecified atom stereocenters. The van der Waals surface area contributed by atoms with Gasteiger partial charge in [0.25, 0.3) is 11.5 Å². The Labute approximate surface area is 242 Å². The molecule has 5 rings (SSSR count). The second-order valence-electron chi connectivity index (χ2n) is 10.4. The van der Waals surface area contributed by atoms with Gasteiger partial charge in [0.2, 0.25) is 5.91 Å². The van der Waals surface area contributed by atoms with Crippen LogP contribution < -0.4 is 21.9 Å². The zero-order valence-corrected chi connectivity index (χ0v) is 23.8. The van der Waals surface area contributed by atoms with Crippen LogP contribution in [0, 0.1) is 20.8 Å². The molecule has 0 saturated carbocycles. The standard InChI is InChI=1S/C33H32N4O5/c1-21-16-22(2)30(23(3)17-21)35-29(38)20-36-28-18-25(31(39)34-14-13-24-8-5-4-6-9-24)11-12-27(28)32(40)37(33(36)41)19-26-10-7-15-42-26/h4-12,15-18H,13-14,19-20H2,1-3H3,(H,34,39)(H,35,38). The molecule has 0 spiro atoms. The van der Waals surface area contributed by atoms with Crippen molar-refractivity contribution in [2.24, 2.45) is 0 Å². The molecule has 0 aliphatic heterocycles. The van der Waals surface area contributed by atoms with Gasteiger partial charge in [0, 0.05) is 17.8 Å². The van der Waals surface area contributed by atoms with E-state index in [9.17, 15) is 19.2 Å². The largest absolute Gasteiger partial charge is 0.467 e. The average molecular weight is 565 g/mol. The molecule has 0 fully saturated rings. The molecular formula is C33H32N4O5. The molecule has 214 valence electrons. The number of fused-ring (bicyclic) bond motifs is 1. The van der Waals surface area contributed by atoms with Gasteiger partial charge in [-0.2, -0.15) is 0 Å².